The highest BCUT2D eigenvalue weighted by atomic mass is 32.2. The number of carbonyl (C=O) groups excluding carboxylic acids is 2. The number of para-hydroxylation sites is 1. The summed E-state index contributed by atoms with van der Waals surface area (Å²) in [7, 11) is -1.98. The molecular formula is C23H26N8O6S. The predicted octanol–water partition coefficient (Wildman–Crippen LogP) is 1.82. The van der Waals surface area contributed by atoms with E-state index in [4.69, 9.17) is 15.0 Å². The first kappa shape index (κ1) is 25.5. The minimum absolute atomic E-state index is 0.0469. The average Bonchev–Trinajstić information content (AvgIpc) is 3.39. The zero-order valence-corrected chi connectivity index (χ0v) is 21.5. The van der Waals surface area contributed by atoms with Gasteiger partial charge in [0.15, 0.2) is 17.3 Å². The number of carbonyl (C=O) groups is 2. The fourth-order valence-corrected chi connectivity index (χ4v) is 5.46. The van der Waals surface area contributed by atoms with Gasteiger partial charge in [-0.15, -0.1) is 10.2 Å². The van der Waals surface area contributed by atoms with E-state index < -0.39 is 22.0 Å². The highest BCUT2D eigenvalue weighted by Gasteiger charge is 2.36. The van der Waals surface area contributed by atoms with Gasteiger partial charge in [-0.25, -0.2) is 8.42 Å². The van der Waals surface area contributed by atoms with E-state index in [2.05, 4.69) is 31.0 Å². The minimum Gasteiger partial charge on any atom is -0.494 e. The lowest BCUT2D eigenvalue weighted by atomic mass is 10.1. The minimum atomic E-state index is -3.44. The van der Waals surface area contributed by atoms with Crippen LogP contribution in [0.3, 0.4) is 0 Å². The van der Waals surface area contributed by atoms with E-state index in [-0.39, 0.29) is 40.7 Å². The van der Waals surface area contributed by atoms with Crippen molar-refractivity contribution in [3.63, 3.8) is 0 Å². The maximum Gasteiger partial charge on any atom is 0.271 e. The van der Waals surface area contributed by atoms with E-state index in [1.54, 1.807) is 18.2 Å². The lowest BCUT2D eigenvalue weighted by molar-refractivity contribution is -0.117. The van der Waals surface area contributed by atoms with Crippen molar-refractivity contribution in [3.8, 4) is 17.1 Å². The third-order valence-electron chi connectivity index (χ3n) is 6.31. The molecule has 200 valence electrons. The van der Waals surface area contributed by atoms with Crippen LogP contribution in [0.15, 0.2) is 28.8 Å². The molecule has 1 aliphatic heterocycles. The number of hydrogen-bond acceptors (Lipinski definition) is 11. The number of aromatic nitrogens is 4. The maximum absolute atomic E-state index is 12.2. The molecule has 1 aromatic carbocycles. The molecule has 14 nitrogen and oxygen atoms in total. The van der Waals surface area contributed by atoms with E-state index in [1.165, 1.54) is 17.5 Å². The number of sulfonamides is 1. The van der Waals surface area contributed by atoms with Gasteiger partial charge in [-0.3, -0.25) is 9.59 Å². The van der Waals surface area contributed by atoms with Gasteiger partial charge in [0.2, 0.25) is 27.6 Å². The normalized spacial score (nSPS) is 17.8. The Morgan fingerprint density at radius 1 is 1.18 bits per heavy atom. The number of amides is 2. The zero-order chi connectivity index (χ0) is 27.0. The fourth-order valence-electron chi connectivity index (χ4n) is 4.34. The summed E-state index contributed by atoms with van der Waals surface area (Å²) in [5, 5.41) is 17.6. The molecule has 4 N–H and O–H groups in total. The lowest BCUT2D eigenvalue weighted by Crippen LogP contribution is -2.29. The van der Waals surface area contributed by atoms with Crippen LogP contribution in [0.1, 0.15) is 48.1 Å². The van der Waals surface area contributed by atoms with Crippen LogP contribution in [0.5, 0.6) is 5.75 Å². The second-order valence-corrected chi connectivity index (χ2v) is 11.1. The fraction of sp³-hybridized carbons (Fsp3) is 0.391. The molecule has 2 aromatic heterocycles. The number of rotatable bonds is 9. The van der Waals surface area contributed by atoms with Crippen molar-refractivity contribution in [1.82, 2.24) is 24.6 Å². The van der Waals surface area contributed by atoms with Crippen molar-refractivity contribution < 1.29 is 27.3 Å². The number of primary amides is 1. The summed E-state index contributed by atoms with van der Waals surface area (Å²) in [6, 6.07) is 6.04. The predicted molar refractivity (Wildman–Crippen MR) is 135 cm³/mol. The highest BCUT2D eigenvalue weighted by Crippen LogP contribution is 2.39. The van der Waals surface area contributed by atoms with Gasteiger partial charge in [0, 0.05) is 18.5 Å². The third-order valence-corrected chi connectivity index (χ3v) is 7.60. The summed E-state index contributed by atoms with van der Waals surface area (Å²) in [5.41, 5.74) is 6.45. The first-order valence-electron chi connectivity index (χ1n) is 11.9. The largest absolute Gasteiger partial charge is 0.494 e. The zero-order valence-electron chi connectivity index (χ0n) is 20.7. The summed E-state index contributed by atoms with van der Waals surface area (Å²) in [4.78, 5) is 28.6. The third kappa shape index (κ3) is 5.15. The van der Waals surface area contributed by atoms with Crippen LogP contribution < -0.4 is 21.1 Å². The van der Waals surface area contributed by atoms with Crippen LogP contribution in [0, 0.1) is 5.92 Å². The lowest BCUT2D eigenvalue weighted by Gasteiger charge is -2.18. The Morgan fingerprint density at radius 2 is 1.97 bits per heavy atom. The number of nitrogens with two attached hydrogens (primary N) is 1. The second kappa shape index (κ2) is 9.98. The Kier molecular flexibility index (Phi) is 6.71. The molecule has 1 aliphatic carbocycles. The van der Waals surface area contributed by atoms with Crippen LogP contribution >= 0.6 is 0 Å². The molecule has 2 amide bonds. The van der Waals surface area contributed by atoms with Crippen molar-refractivity contribution in [2.24, 2.45) is 11.7 Å². The van der Waals surface area contributed by atoms with Gasteiger partial charge in [-0.05, 0) is 37.8 Å². The van der Waals surface area contributed by atoms with Crippen molar-refractivity contribution in [3.05, 3.63) is 35.9 Å². The summed E-state index contributed by atoms with van der Waals surface area (Å²) >= 11 is 0. The molecule has 2 aliphatic rings. The van der Waals surface area contributed by atoms with E-state index >= 15 is 0 Å². The van der Waals surface area contributed by atoms with Crippen molar-refractivity contribution >= 4 is 39.0 Å². The monoisotopic (exact) mass is 542 g/mol. The molecule has 0 radical (unpaired) electrons. The summed E-state index contributed by atoms with van der Waals surface area (Å²) in [6.45, 7) is 0.384. The van der Waals surface area contributed by atoms with Crippen molar-refractivity contribution in [1.29, 1.82) is 0 Å². The van der Waals surface area contributed by atoms with E-state index in [0.717, 1.165) is 19.1 Å². The molecule has 0 spiro atoms. The molecule has 1 atom stereocenters. The average molecular weight is 543 g/mol. The number of nitrogens with zero attached hydrogens (tertiary/aromatic N) is 5. The molecular weight excluding hydrogens is 516 g/mol. The van der Waals surface area contributed by atoms with E-state index in [0.29, 0.717) is 36.4 Å². The van der Waals surface area contributed by atoms with Gasteiger partial charge in [0.25, 0.3) is 5.91 Å². The number of anilines is 3. The van der Waals surface area contributed by atoms with Crippen LogP contribution in [0.4, 0.5) is 17.2 Å². The number of hydrogen-bond donors (Lipinski definition) is 3. The molecule has 3 heterocycles. The standard InChI is InChI=1S/C23H26N8O6S/c1-36-19-13(21-27-23(37-30-21)16-7-4-10-31(16)38(2,34)35)5-3-6-14(19)25-15-11-17(26-22(33)12-8-9-12)28-29-18(15)20(24)32/h3,5-6,11-12,16H,4,7-10H2,1-2H3,(H2,24,32)(H2,25,26,28,33)/t16-/m1/s1. The molecule has 38 heavy (non-hydrogen) atoms. The van der Waals surface area contributed by atoms with Gasteiger partial charge in [-0.1, -0.05) is 11.2 Å². The first-order chi connectivity index (χ1) is 18.2. The summed E-state index contributed by atoms with van der Waals surface area (Å²) in [6.07, 6.45) is 4.04. The summed E-state index contributed by atoms with van der Waals surface area (Å²) in [5.74, 6) is -0.156. The number of methoxy groups -OCH3 is 1. The van der Waals surface area contributed by atoms with Crippen LogP contribution in [0.25, 0.3) is 11.4 Å². The van der Waals surface area contributed by atoms with Crippen LogP contribution in [0.2, 0.25) is 0 Å². The van der Waals surface area contributed by atoms with Gasteiger partial charge >= 0.3 is 0 Å². The highest BCUT2D eigenvalue weighted by molar-refractivity contribution is 7.88. The van der Waals surface area contributed by atoms with Crippen molar-refractivity contribution in [2.45, 2.75) is 31.7 Å². The molecule has 15 heteroatoms. The topological polar surface area (TPSA) is 196 Å². The van der Waals surface area contributed by atoms with E-state index in [9.17, 15) is 18.0 Å². The Hall–Kier alpha value is -4.11. The Labute approximate surface area is 218 Å². The molecule has 1 saturated carbocycles. The van der Waals surface area contributed by atoms with Crippen LogP contribution in [-0.4, -0.2) is 64.8 Å². The SMILES string of the molecule is COc1c(Nc2cc(NC(=O)C3CC3)nnc2C(N)=O)cccc1-c1noc([C@H]2CCCN2S(C)(=O)=O)n1. The molecule has 1 saturated heterocycles. The van der Waals surface area contributed by atoms with E-state index in [1.807, 2.05) is 0 Å². The first-order valence-corrected chi connectivity index (χ1v) is 13.7. The number of ether oxygens (including phenoxy) is 1. The molecule has 0 bridgehead atoms. The van der Waals surface area contributed by atoms with Gasteiger partial charge < -0.3 is 25.6 Å². The van der Waals surface area contributed by atoms with Crippen LogP contribution in [-0.2, 0) is 14.8 Å². The smallest absolute Gasteiger partial charge is 0.271 e. The number of benzene rings is 1. The Bertz CT molecular complexity index is 1500. The molecule has 5 rings (SSSR count). The molecule has 3 aromatic rings. The quantitative estimate of drug-likeness (QED) is 0.357. The number of nitrogens with one attached hydrogen (secondary N) is 2. The van der Waals surface area contributed by atoms with Gasteiger partial charge in [-0.2, -0.15) is 9.29 Å². The Morgan fingerprint density at radius 3 is 2.66 bits per heavy atom. The molecule has 2 fully saturated rings. The molecule has 0 unspecified atom stereocenters. The van der Waals surface area contributed by atoms with Gasteiger partial charge in [0.05, 0.1) is 30.3 Å². The summed E-state index contributed by atoms with van der Waals surface area (Å²) < 4.78 is 36.7. The van der Waals surface area contributed by atoms with Crippen molar-refractivity contribution in [2.75, 3.05) is 30.5 Å². The Balaban J connectivity index is 1.46. The van der Waals surface area contributed by atoms with Gasteiger partial charge in [0.1, 0.15) is 6.04 Å². The second-order valence-electron chi connectivity index (χ2n) is 9.12. The maximum atomic E-state index is 12.2.